The molecule has 0 unspecified atom stereocenters. The van der Waals surface area contributed by atoms with Crippen LogP contribution < -0.4 is 15.4 Å². The van der Waals surface area contributed by atoms with Gasteiger partial charge in [0.15, 0.2) is 5.69 Å². The zero-order valence-electron chi connectivity index (χ0n) is 21.2. The fraction of sp³-hybridized carbons (Fsp3) is 0.385. The summed E-state index contributed by atoms with van der Waals surface area (Å²) in [5.41, 5.74) is 2.19. The van der Waals surface area contributed by atoms with Crippen LogP contribution >= 0.6 is 0 Å². The number of hydrogen-bond acceptors (Lipinski definition) is 7. The number of carbonyl (C=O) groups is 1. The van der Waals surface area contributed by atoms with Crippen LogP contribution in [-0.2, 0) is 29.4 Å². The number of nitrogens with zero attached hydrogens (tertiary/aromatic N) is 1. The summed E-state index contributed by atoms with van der Waals surface area (Å²) in [5.74, 6) is -2.47. The van der Waals surface area contributed by atoms with Crippen molar-refractivity contribution in [1.82, 2.24) is 15.6 Å². The molecule has 4 N–H and O–H groups in total. The van der Waals surface area contributed by atoms with E-state index in [-0.39, 0.29) is 36.0 Å². The van der Waals surface area contributed by atoms with Gasteiger partial charge in [0.25, 0.3) is 5.91 Å². The zero-order valence-corrected chi connectivity index (χ0v) is 22.0. The average molecular weight is 551 g/mol. The van der Waals surface area contributed by atoms with Gasteiger partial charge in [-0.25, -0.2) is 21.9 Å². The number of amides is 1. The van der Waals surface area contributed by atoms with E-state index in [1.165, 1.54) is 5.56 Å². The Labute approximate surface area is 220 Å². The van der Waals surface area contributed by atoms with Gasteiger partial charge in [-0.3, -0.25) is 4.79 Å². The van der Waals surface area contributed by atoms with E-state index in [4.69, 9.17) is 4.42 Å². The van der Waals surface area contributed by atoms with Gasteiger partial charge in [0.2, 0.25) is 10.0 Å². The van der Waals surface area contributed by atoms with E-state index in [1.807, 2.05) is 24.3 Å². The Kier molecular flexibility index (Phi) is 10.3. The van der Waals surface area contributed by atoms with Gasteiger partial charge in [-0.15, -0.1) is 0 Å². The first-order valence-corrected chi connectivity index (χ1v) is 13.9. The summed E-state index contributed by atoms with van der Waals surface area (Å²) in [7, 11) is -3.68. The third-order valence-electron chi connectivity index (χ3n) is 5.69. The first-order valence-electron chi connectivity index (χ1n) is 12.3. The average Bonchev–Trinajstić information content (AvgIpc) is 3.30. The van der Waals surface area contributed by atoms with Crippen LogP contribution in [0.25, 0.3) is 0 Å². The van der Waals surface area contributed by atoms with E-state index < -0.39 is 39.7 Å². The van der Waals surface area contributed by atoms with E-state index >= 15 is 0 Å². The molecule has 0 radical (unpaired) electrons. The quantitative estimate of drug-likeness (QED) is 0.242. The summed E-state index contributed by atoms with van der Waals surface area (Å²) in [6.07, 6.45) is 1.01. The highest BCUT2D eigenvalue weighted by molar-refractivity contribution is 7.92. The second-order valence-electron chi connectivity index (χ2n) is 8.89. The molecule has 38 heavy (non-hydrogen) atoms. The summed E-state index contributed by atoms with van der Waals surface area (Å²) in [5, 5.41) is 16.7. The largest absolute Gasteiger partial charge is 0.431 e. The molecule has 0 saturated carbocycles. The van der Waals surface area contributed by atoms with Crippen molar-refractivity contribution in [3.8, 4) is 0 Å². The number of nitrogens with one attached hydrogen (secondary N) is 3. The lowest BCUT2D eigenvalue weighted by Gasteiger charge is -2.24. The first kappa shape index (κ1) is 29.2. The molecule has 0 bridgehead atoms. The van der Waals surface area contributed by atoms with Gasteiger partial charge in [0, 0.05) is 19.2 Å². The smallest absolute Gasteiger partial charge is 0.309 e. The van der Waals surface area contributed by atoms with Crippen LogP contribution in [0.5, 0.6) is 0 Å². The van der Waals surface area contributed by atoms with Crippen molar-refractivity contribution in [2.24, 2.45) is 0 Å². The lowest BCUT2D eigenvalue weighted by molar-refractivity contribution is 0.0825. The van der Waals surface area contributed by atoms with Crippen molar-refractivity contribution in [3.05, 3.63) is 82.7 Å². The van der Waals surface area contributed by atoms with Gasteiger partial charge in [0.05, 0.1) is 17.9 Å². The van der Waals surface area contributed by atoms with Crippen molar-refractivity contribution in [1.29, 1.82) is 0 Å². The topological polar surface area (TPSA) is 134 Å². The molecule has 2 atom stereocenters. The number of aliphatic hydroxyl groups is 1. The number of aryl methyl sites for hydroxylation is 1. The molecule has 0 aliphatic carbocycles. The summed E-state index contributed by atoms with van der Waals surface area (Å²) < 4.78 is 58.6. The Bertz CT molecular complexity index is 1310. The molecule has 3 rings (SSSR count). The minimum Gasteiger partial charge on any atom is -0.431 e. The van der Waals surface area contributed by atoms with Crippen LogP contribution in [0.4, 0.5) is 14.8 Å². The maximum Gasteiger partial charge on any atom is 0.309 e. The number of sulfonamides is 1. The molecule has 0 saturated heterocycles. The molecule has 2 aromatic carbocycles. The van der Waals surface area contributed by atoms with Crippen LogP contribution in [-0.4, -0.2) is 48.9 Å². The second-order valence-corrected chi connectivity index (χ2v) is 10.7. The molecule has 0 aliphatic rings. The van der Waals surface area contributed by atoms with Gasteiger partial charge < -0.3 is 20.2 Å². The van der Waals surface area contributed by atoms with E-state index in [1.54, 1.807) is 6.92 Å². The Morgan fingerprint density at radius 3 is 2.47 bits per heavy atom. The number of aromatic nitrogens is 1. The second kappa shape index (κ2) is 13.4. The van der Waals surface area contributed by atoms with E-state index in [9.17, 15) is 27.1 Å². The number of rotatable bonds is 14. The first-order chi connectivity index (χ1) is 18.1. The fourth-order valence-electron chi connectivity index (χ4n) is 3.85. The molecular weight excluding hydrogens is 518 g/mol. The maximum atomic E-state index is 13.8. The van der Waals surface area contributed by atoms with Crippen LogP contribution in [0.1, 0.15) is 47.4 Å². The number of hydrogen-bond donors (Lipinski definition) is 4. The highest BCUT2D eigenvalue weighted by atomic mass is 32.2. The minimum absolute atomic E-state index is 0.0694. The van der Waals surface area contributed by atoms with Gasteiger partial charge in [-0.1, -0.05) is 38.1 Å². The molecule has 3 aromatic rings. The molecule has 1 amide bonds. The third-order valence-corrected chi connectivity index (χ3v) is 7.12. The Morgan fingerprint density at radius 1 is 1.08 bits per heavy atom. The molecule has 9 nitrogen and oxygen atoms in total. The van der Waals surface area contributed by atoms with Crippen LogP contribution in [0.2, 0.25) is 0 Å². The van der Waals surface area contributed by atoms with Crippen molar-refractivity contribution < 1.29 is 31.5 Å². The fourth-order valence-corrected chi connectivity index (χ4v) is 4.85. The summed E-state index contributed by atoms with van der Waals surface area (Å²) in [6.45, 7) is 4.28. The zero-order chi connectivity index (χ0) is 27.7. The number of halogens is 2. The van der Waals surface area contributed by atoms with Crippen LogP contribution in [0.15, 0.2) is 53.1 Å². The Morgan fingerprint density at radius 2 is 1.79 bits per heavy atom. The Balaban J connectivity index is 1.71. The van der Waals surface area contributed by atoms with Crippen molar-refractivity contribution >= 4 is 21.9 Å². The monoisotopic (exact) mass is 550 g/mol. The van der Waals surface area contributed by atoms with Gasteiger partial charge in [-0.05, 0) is 48.1 Å². The van der Waals surface area contributed by atoms with Crippen molar-refractivity contribution in [2.45, 2.75) is 51.8 Å². The minimum atomic E-state index is -3.68. The number of carbonyl (C=O) groups excluding carboxylic acids is 1. The molecule has 1 aromatic heterocycles. The highest BCUT2D eigenvalue weighted by Crippen LogP contribution is 2.14. The predicted octanol–water partition coefficient (Wildman–Crippen LogP) is 3.16. The Hall–Kier alpha value is -3.35. The van der Waals surface area contributed by atoms with Crippen molar-refractivity contribution in [3.63, 3.8) is 0 Å². The lowest BCUT2D eigenvalue weighted by Crippen LogP contribution is -2.48. The molecule has 0 fully saturated rings. The van der Waals surface area contributed by atoms with Gasteiger partial charge >= 0.3 is 6.01 Å². The molecule has 12 heteroatoms. The number of aliphatic hydroxyl groups excluding tert-OH is 1. The predicted molar refractivity (Wildman–Crippen MR) is 139 cm³/mol. The van der Waals surface area contributed by atoms with Crippen molar-refractivity contribution in [2.75, 3.05) is 17.0 Å². The maximum absolute atomic E-state index is 13.8. The summed E-state index contributed by atoms with van der Waals surface area (Å²) in [4.78, 5) is 16.7. The normalized spacial score (nSPS) is 13.2. The standard InChI is InChI=1S/C26H32F2N4O5S/c1-3-8-38(35,36)32-26-31-23(16-37-26)25(34)30-22(12-19-10-20(27)13-21(28)11-19)24(33)15-29-14-18-7-5-6-17(4-2)9-18/h5-7,9-11,13,16,22,24,29,33H,3-4,8,12,14-15H2,1-2H3,(H,30,34)(H,31,32)/t22-,24-/m0/s1. The third kappa shape index (κ3) is 8.89. The number of anilines is 1. The number of benzene rings is 2. The summed E-state index contributed by atoms with van der Waals surface area (Å²) >= 11 is 0. The highest BCUT2D eigenvalue weighted by Gasteiger charge is 2.25. The molecule has 0 aliphatic heterocycles. The SMILES string of the molecule is CCCS(=O)(=O)Nc1nc(C(=O)N[C@@H](Cc2cc(F)cc(F)c2)[C@@H](O)CNCc2cccc(CC)c2)co1. The van der Waals surface area contributed by atoms with E-state index in [2.05, 4.69) is 27.3 Å². The molecule has 0 spiro atoms. The number of oxazole rings is 1. The molecule has 1 heterocycles. The summed E-state index contributed by atoms with van der Waals surface area (Å²) in [6, 6.07) is 9.60. The van der Waals surface area contributed by atoms with Crippen LogP contribution in [0.3, 0.4) is 0 Å². The van der Waals surface area contributed by atoms with Gasteiger partial charge in [-0.2, -0.15) is 4.98 Å². The van der Waals surface area contributed by atoms with E-state index in [0.717, 1.165) is 36.4 Å². The lowest BCUT2D eigenvalue weighted by atomic mass is 10.00. The molecule has 206 valence electrons. The molecular formula is C26H32F2N4O5S. The van der Waals surface area contributed by atoms with Gasteiger partial charge in [0.1, 0.15) is 17.9 Å². The van der Waals surface area contributed by atoms with Crippen LogP contribution in [0, 0.1) is 11.6 Å². The van der Waals surface area contributed by atoms with E-state index in [0.29, 0.717) is 13.0 Å².